The zero-order chi connectivity index (χ0) is 14.8. The van der Waals surface area contributed by atoms with Crippen molar-refractivity contribution < 1.29 is 0 Å². The molecule has 1 aromatic carbocycles. The van der Waals surface area contributed by atoms with Gasteiger partial charge in [0, 0.05) is 27.5 Å². The Morgan fingerprint density at radius 1 is 1.33 bits per heavy atom. The first kappa shape index (κ1) is 14.5. The minimum absolute atomic E-state index is 0.437. The predicted molar refractivity (Wildman–Crippen MR) is 87.9 cm³/mol. The predicted octanol–water partition coefficient (Wildman–Crippen LogP) is 3.69. The molecule has 2 heterocycles. The molecule has 0 spiro atoms. The van der Waals surface area contributed by atoms with E-state index in [2.05, 4.69) is 41.6 Å². The number of fused-ring (bicyclic) bond motifs is 1. The van der Waals surface area contributed by atoms with Crippen molar-refractivity contribution >= 4 is 33.0 Å². The number of hydrogen-bond acceptors (Lipinski definition) is 4. The van der Waals surface area contributed by atoms with E-state index < -0.39 is 0 Å². The van der Waals surface area contributed by atoms with Gasteiger partial charge in [-0.05, 0) is 6.07 Å². The highest BCUT2D eigenvalue weighted by Crippen LogP contribution is 2.35. The summed E-state index contributed by atoms with van der Waals surface area (Å²) in [5.41, 5.74) is 0.945. The van der Waals surface area contributed by atoms with Gasteiger partial charge in [-0.2, -0.15) is 0 Å². The Labute approximate surface area is 132 Å². The van der Waals surface area contributed by atoms with Crippen LogP contribution in [-0.4, -0.2) is 21.0 Å². The van der Waals surface area contributed by atoms with Gasteiger partial charge < -0.3 is 5.32 Å². The zero-order valence-electron chi connectivity index (χ0n) is 12.0. The van der Waals surface area contributed by atoms with Crippen molar-refractivity contribution in [1.29, 1.82) is 0 Å². The molecule has 6 heteroatoms. The molecule has 2 aromatic heterocycles. The van der Waals surface area contributed by atoms with Crippen molar-refractivity contribution in [3.8, 4) is 0 Å². The number of nitrogens with zero attached hydrogens (tertiary/aromatic N) is 3. The Morgan fingerprint density at radius 2 is 2.14 bits per heavy atom. The minimum Gasteiger partial charge on any atom is -0.309 e. The summed E-state index contributed by atoms with van der Waals surface area (Å²) in [6.45, 7) is 5.62. The fourth-order valence-electron chi connectivity index (χ4n) is 2.12. The van der Waals surface area contributed by atoms with Crippen molar-refractivity contribution in [3.63, 3.8) is 0 Å². The van der Waals surface area contributed by atoms with Crippen LogP contribution in [0.15, 0.2) is 30.5 Å². The number of thiophene rings is 1. The quantitative estimate of drug-likeness (QED) is 0.779. The summed E-state index contributed by atoms with van der Waals surface area (Å²) >= 11 is 8.16. The Hall–Kier alpha value is -1.43. The number of rotatable bonds is 5. The Kier molecular flexibility index (Phi) is 4.24. The number of nitrogens with one attached hydrogen (secondary N) is 1. The van der Waals surface area contributed by atoms with Gasteiger partial charge in [-0.25, -0.2) is 4.68 Å². The van der Waals surface area contributed by atoms with Crippen LogP contribution in [0.25, 0.3) is 10.1 Å². The fraction of sp³-hybridized carbons (Fsp3) is 0.333. The van der Waals surface area contributed by atoms with Gasteiger partial charge in [0.1, 0.15) is 0 Å². The molecule has 1 N–H and O–H groups in total. The maximum absolute atomic E-state index is 6.45. The molecule has 0 aliphatic heterocycles. The largest absolute Gasteiger partial charge is 0.309 e. The number of benzene rings is 1. The SMILES string of the molecule is CC(C)NCc1cn(Cc2sc3ccccc3c2Cl)nn1. The average Bonchev–Trinajstić information content (AvgIpc) is 3.03. The molecule has 0 aliphatic rings. The van der Waals surface area contributed by atoms with Crippen LogP contribution in [0.5, 0.6) is 0 Å². The normalized spacial score (nSPS) is 11.6. The molecule has 0 atom stereocenters. The molecule has 0 bridgehead atoms. The summed E-state index contributed by atoms with van der Waals surface area (Å²) in [6, 6.07) is 8.62. The van der Waals surface area contributed by atoms with Crippen molar-refractivity contribution in [1.82, 2.24) is 20.3 Å². The third-order valence-electron chi connectivity index (χ3n) is 3.18. The van der Waals surface area contributed by atoms with Crippen molar-refractivity contribution in [2.45, 2.75) is 33.0 Å². The molecule has 110 valence electrons. The Bertz CT molecular complexity index is 747. The lowest BCUT2D eigenvalue weighted by molar-refractivity contribution is 0.580. The van der Waals surface area contributed by atoms with Crippen LogP contribution in [0.4, 0.5) is 0 Å². The van der Waals surface area contributed by atoms with Crippen molar-refractivity contribution in [3.05, 3.63) is 46.1 Å². The summed E-state index contributed by atoms with van der Waals surface area (Å²) in [5, 5.41) is 13.6. The summed E-state index contributed by atoms with van der Waals surface area (Å²) < 4.78 is 3.05. The van der Waals surface area contributed by atoms with Gasteiger partial charge in [-0.1, -0.05) is 48.9 Å². The molecular weight excluding hydrogens is 304 g/mol. The van der Waals surface area contributed by atoms with Crippen molar-refractivity contribution in [2.24, 2.45) is 0 Å². The second-order valence-corrected chi connectivity index (χ2v) is 6.79. The van der Waals surface area contributed by atoms with Gasteiger partial charge in [0.25, 0.3) is 0 Å². The van der Waals surface area contributed by atoms with Gasteiger partial charge in [-0.3, -0.25) is 0 Å². The van der Waals surface area contributed by atoms with Crippen LogP contribution in [0.3, 0.4) is 0 Å². The minimum atomic E-state index is 0.437. The third kappa shape index (κ3) is 3.26. The van der Waals surface area contributed by atoms with Gasteiger partial charge in [-0.15, -0.1) is 16.4 Å². The molecule has 0 aliphatic carbocycles. The smallest absolute Gasteiger partial charge is 0.0965 e. The lowest BCUT2D eigenvalue weighted by Gasteiger charge is -2.04. The van der Waals surface area contributed by atoms with E-state index >= 15 is 0 Å². The second kappa shape index (κ2) is 6.13. The standard InChI is InChI=1S/C15H17ClN4S/c1-10(2)17-7-11-8-20(19-18-11)9-14-15(16)12-5-3-4-6-13(12)21-14/h3-6,8,10,17H,7,9H2,1-2H3. The van der Waals surface area contributed by atoms with Gasteiger partial charge >= 0.3 is 0 Å². The molecule has 0 saturated heterocycles. The lowest BCUT2D eigenvalue weighted by atomic mass is 10.2. The van der Waals surface area contributed by atoms with Crippen molar-refractivity contribution in [2.75, 3.05) is 0 Å². The van der Waals surface area contributed by atoms with Gasteiger partial charge in [0.15, 0.2) is 0 Å². The van der Waals surface area contributed by atoms with Gasteiger partial charge in [0.05, 0.1) is 23.5 Å². The molecule has 0 unspecified atom stereocenters. The van der Waals surface area contributed by atoms with Crippen LogP contribution in [0.1, 0.15) is 24.4 Å². The monoisotopic (exact) mass is 320 g/mol. The fourth-order valence-corrected chi connectivity index (χ4v) is 3.60. The molecule has 4 nitrogen and oxygen atoms in total. The average molecular weight is 321 g/mol. The van der Waals surface area contributed by atoms with Crippen LogP contribution in [0, 0.1) is 0 Å². The molecule has 0 amide bonds. The summed E-state index contributed by atoms with van der Waals surface area (Å²) in [6.07, 6.45) is 1.97. The Balaban J connectivity index is 1.77. The van der Waals surface area contributed by atoms with E-state index in [0.717, 1.165) is 27.5 Å². The van der Waals surface area contributed by atoms with E-state index in [4.69, 9.17) is 11.6 Å². The summed E-state index contributed by atoms with van der Waals surface area (Å²) in [7, 11) is 0. The maximum atomic E-state index is 6.45. The second-order valence-electron chi connectivity index (χ2n) is 5.28. The van der Waals surface area contributed by atoms with E-state index in [0.29, 0.717) is 12.6 Å². The maximum Gasteiger partial charge on any atom is 0.0965 e. The molecule has 0 fully saturated rings. The van der Waals surface area contributed by atoms with Gasteiger partial charge in [0.2, 0.25) is 0 Å². The van der Waals surface area contributed by atoms with Crippen LogP contribution >= 0.6 is 22.9 Å². The highest BCUT2D eigenvalue weighted by molar-refractivity contribution is 7.19. The first-order chi connectivity index (χ1) is 10.1. The van der Waals surface area contributed by atoms with Crippen LogP contribution in [-0.2, 0) is 13.1 Å². The van der Waals surface area contributed by atoms with Crippen LogP contribution in [0.2, 0.25) is 5.02 Å². The molecule has 0 saturated carbocycles. The van der Waals surface area contributed by atoms with E-state index in [9.17, 15) is 0 Å². The molecule has 3 aromatic rings. The summed E-state index contributed by atoms with van der Waals surface area (Å²) in [5.74, 6) is 0. The highest BCUT2D eigenvalue weighted by Gasteiger charge is 2.11. The first-order valence-corrected chi connectivity index (χ1v) is 8.11. The van der Waals surface area contributed by atoms with E-state index in [1.54, 1.807) is 11.3 Å². The van der Waals surface area contributed by atoms with E-state index in [-0.39, 0.29) is 0 Å². The Morgan fingerprint density at radius 3 is 2.90 bits per heavy atom. The molecular formula is C15H17ClN4S. The van der Waals surface area contributed by atoms with Crippen LogP contribution < -0.4 is 5.32 Å². The molecule has 0 radical (unpaired) electrons. The zero-order valence-corrected chi connectivity index (χ0v) is 13.6. The van der Waals surface area contributed by atoms with E-state index in [1.807, 2.05) is 23.0 Å². The summed E-state index contributed by atoms with van der Waals surface area (Å²) in [4.78, 5) is 1.12. The first-order valence-electron chi connectivity index (χ1n) is 6.92. The van der Waals surface area contributed by atoms with E-state index in [1.165, 1.54) is 4.70 Å². The third-order valence-corrected chi connectivity index (χ3v) is 4.88. The number of hydrogen-bond donors (Lipinski definition) is 1. The molecule has 3 rings (SSSR count). The number of aromatic nitrogens is 3. The lowest BCUT2D eigenvalue weighted by Crippen LogP contribution is -2.21. The number of halogens is 1. The molecule has 21 heavy (non-hydrogen) atoms. The highest BCUT2D eigenvalue weighted by atomic mass is 35.5. The topological polar surface area (TPSA) is 42.7 Å².